The Bertz CT molecular complexity index is 239. The van der Waals surface area contributed by atoms with E-state index in [-0.39, 0.29) is 80.5 Å². The van der Waals surface area contributed by atoms with E-state index in [0.717, 1.165) is 6.42 Å². The summed E-state index contributed by atoms with van der Waals surface area (Å²) in [6.45, 7) is 15.2. The number of guanidine groups is 1. The molecule has 0 heterocycles. The summed E-state index contributed by atoms with van der Waals surface area (Å²) in [6, 6.07) is 0. The molecule has 0 unspecified atom stereocenters. The van der Waals surface area contributed by atoms with Gasteiger partial charge in [-0.2, -0.15) is 0 Å². The van der Waals surface area contributed by atoms with Gasteiger partial charge in [-0.1, -0.05) is 48.5 Å². The van der Waals surface area contributed by atoms with Crippen LogP contribution in [0.25, 0.3) is 5.32 Å². The third-order valence-electron chi connectivity index (χ3n) is 3.33. The molecule has 4 heteroatoms. The molecule has 0 saturated carbocycles. The maximum Gasteiger partial charge on any atom is 1.00 e. The van der Waals surface area contributed by atoms with Gasteiger partial charge in [-0.3, -0.25) is 0 Å². The summed E-state index contributed by atoms with van der Waals surface area (Å²) in [4.78, 5) is 0. The Morgan fingerprint density at radius 2 is 1.44 bits per heavy atom. The molecule has 0 aliphatic rings. The Kier molecular flexibility index (Phi) is 7.65. The number of nitrogens with two attached hydrogens (primary N) is 1. The Hall–Kier alpha value is 1.08. The molecule has 3 N–H and O–H groups in total. The van der Waals surface area contributed by atoms with Gasteiger partial charge < -0.3 is 16.5 Å². The molecule has 0 spiro atoms. The molecule has 0 saturated heterocycles. The van der Waals surface area contributed by atoms with Crippen molar-refractivity contribution >= 4 is 5.96 Å². The molecule has 3 nitrogen and oxygen atoms in total. The van der Waals surface area contributed by atoms with Gasteiger partial charge in [-0.25, -0.2) is 0 Å². The number of nitrogens with zero attached hydrogens (tertiary/aromatic N) is 1. The van der Waals surface area contributed by atoms with Crippen LogP contribution in [-0.4, -0.2) is 11.5 Å². The third-order valence-corrected chi connectivity index (χ3v) is 3.33. The van der Waals surface area contributed by atoms with Gasteiger partial charge in [-0.15, -0.1) is 0 Å². The minimum absolute atomic E-state index is 0. The standard InChI is InChI=1S/C12H26N3.Rb/c1-10(2,3)11(4,5)8-12(6,7)15-9(13)14;/h8H2,1-7H3,(H3-,13,14,15);/q-1;+1. The first-order chi connectivity index (χ1) is 6.37. The second kappa shape index (κ2) is 6.30. The van der Waals surface area contributed by atoms with E-state index in [9.17, 15) is 0 Å². The Balaban J connectivity index is 0. The molecule has 0 amide bonds. The maximum atomic E-state index is 7.22. The van der Waals surface area contributed by atoms with Crippen molar-refractivity contribution in [3.05, 3.63) is 5.32 Å². The molecule has 0 aromatic heterocycles. The summed E-state index contributed by atoms with van der Waals surface area (Å²) in [5.74, 6) is -0.0790. The fourth-order valence-corrected chi connectivity index (χ4v) is 1.71. The zero-order chi connectivity index (χ0) is 12.5. The Labute approximate surface area is 150 Å². The molecule has 16 heavy (non-hydrogen) atoms. The van der Waals surface area contributed by atoms with Gasteiger partial charge >= 0.3 is 58.2 Å². The third kappa shape index (κ3) is 6.72. The maximum absolute atomic E-state index is 7.22. The molecular formula is C12H26N3Rb. The zero-order valence-corrected chi connectivity index (χ0v) is 17.1. The summed E-state index contributed by atoms with van der Waals surface area (Å²) < 4.78 is 0. The van der Waals surface area contributed by atoms with Crippen LogP contribution < -0.4 is 63.9 Å². The van der Waals surface area contributed by atoms with E-state index < -0.39 is 0 Å². The Morgan fingerprint density at radius 3 is 1.69 bits per heavy atom. The summed E-state index contributed by atoms with van der Waals surface area (Å²) in [5, 5.41) is 11.4. The van der Waals surface area contributed by atoms with Crippen LogP contribution in [0.2, 0.25) is 0 Å². The second-order valence-corrected chi connectivity index (χ2v) is 6.62. The van der Waals surface area contributed by atoms with Crippen molar-refractivity contribution in [3.63, 3.8) is 0 Å². The van der Waals surface area contributed by atoms with Gasteiger partial charge in [0.05, 0.1) is 0 Å². The largest absolute Gasteiger partial charge is 1.00 e. The number of nitrogens with one attached hydrogen (secondary N) is 1. The van der Waals surface area contributed by atoms with Gasteiger partial charge in [0.25, 0.3) is 0 Å². The molecule has 0 aliphatic heterocycles. The van der Waals surface area contributed by atoms with Gasteiger partial charge in [-0.05, 0) is 22.8 Å². The molecule has 90 valence electrons. The smallest absolute Gasteiger partial charge is 0.454 e. The predicted octanol–water partition coefficient (Wildman–Crippen LogP) is 0.499. The van der Waals surface area contributed by atoms with E-state index in [1.54, 1.807) is 0 Å². The van der Waals surface area contributed by atoms with Gasteiger partial charge in [0.15, 0.2) is 0 Å². The fraction of sp³-hybridized carbons (Fsp3) is 0.917. The minimum atomic E-state index is -0.261. The molecule has 0 rings (SSSR count). The quantitative estimate of drug-likeness (QED) is 0.578. The van der Waals surface area contributed by atoms with E-state index in [0.29, 0.717) is 0 Å². The normalized spacial score (nSPS) is 12.9. The molecular weight excluding hydrogens is 272 g/mol. The van der Waals surface area contributed by atoms with Gasteiger partial charge in [0.2, 0.25) is 0 Å². The van der Waals surface area contributed by atoms with Crippen LogP contribution in [0.4, 0.5) is 0 Å². The van der Waals surface area contributed by atoms with Crippen LogP contribution in [0.3, 0.4) is 0 Å². The summed E-state index contributed by atoms with van der Waals surface area (Å²) >= 11 is 0. The van der Waals surface area contributed by atoms with Crippen LogP contribution in [-0.2, 0) is 0 Å². The summed E-state index contributed by atoms with van der Waals surface area (Å²) in [5.41, 5.74) is 5.44. The SMILES string of the molecule is CC(C)(CC(C)(C)C(C)(C)C)[N-]C(=N)N.[Rb+]. The van der Waals surface area contributed by atoms with E-state index in [1.807, 2.05) is 13.8 Å². The first-order valence-electron chi connectivity index (χ1n) is 5.44. The van der Waals surface area contributed by atoms with Crippen molar-refractivity contribution < 1.29 is 58.2 Å². The molecule has 0 aromatic rings. The van der Waals surface area contributed by atoms with E-state index in [4.69, 9.17) is 11.1 Å². The zero-order valence-electron chi connectivity index (χ0n) is 12.2. The fourth-order valence-electron chi connectivity index (χ4n) is 1.71. The number of hydrogen-bond donors (Lipinski definition) is 2. The molecule has 0 fully saturated rings. The molecule has 0 atom stereocenters. The van der Waals surface area contributed by atoms with Crippen LogP contribution in [0.1, 0.15) is 54.9 Å². The van der Waals surface area contributed by atoms with Crippen LogP contribution >= 0.6 is 0 Å². The molecule has 0 bridgehead atoms. The predicted molar refractivity (Wildman–Crippen MR) is 67.2 cm³/mol. The van der Waals surface area contributed by atoms with Crippen LogP contribution in [0.15, 0.2) is 0 Å². The van der Waals surface area contributed by atoms with Crippen LogP contribution in [0.5, 0.6) is 0 Å². The summed E-state index contributed by atoms with van der Waals surface area (Å²) in [6.07, 6.45) is 0.920. The first-order valence-corrected chi connectivity index (χ1v) is 5.44. The first kappa shape index (κ1) is 19.4. The molecule has 0 aliphatic carbocycles. The van der Waals surface area contributed by atoms with Crippen molar-refractivity contribution in [2.24, 2.45) is 16.6 Å². The number of hydrogen-bond acceptors (Lipinski definition) is 1. The Morgan fingerprint density at radius 1 is 1.06 bits per heavy atom. The van der Waals surface area contributed by atoms with Crippen molar-refractivity contribution in [2.75, 3.05) is 0 Å². The average molecular weight is 298 g/mol. The topological polar surface area (TPSA) is 64.0 Å². The van der Waals surface area contributed by atoms with Gasteiger partial charge in [0.1, 0.15) is 0 Å². The van der Waals surface area contributed by atoms with E-state index in [1.165, 1.54) is 0 Å². The van der Waals surface area contributed by atoms with Crippen molar-refractivity contribution in [1.82, 2.24) is 0 Å². The van der Waals surface area contributed by atoms with Gasteiger partial charge in [0, 0.05) is 5.96 Å². The number of rotatable bonds is 3. The monoisotopic (exact) mass is 297 g/mol. The van der Waals surface area contributed by atoms with E-state index in [2.05, 4.69) is 39.9 Å². The van der Waals surface area contributed by atoms with Crippen molar-refractivity contribution in [3.8, 4) is 0 Å². The van der Waals surface area contributed by atoms with E-state index >= 15 is 0 Å². The van der Waals surface area contributed by atoms with Crippen LogP contribution in [0, 0.1) is 16.2 Å². The van der Waals surface area contributed by atoms with Crippen molar-refractivity contribution in [1.29, 1.82) is 5.41 Å². The van der Waals surface area contributed by atoms with Crippen molar-refractivity contribution in [2.45, 2.75) is 60.4 Å². The molecule has 0 radical (unpaired) electrons. The summed E-state index contributed by atoms with van der Waals surface area (Å²) in [7, 11) is 0. The average Bonchev–Trinajstić information content (AvgIpc) is 1.75. The molecule has 0 aromatic carbocycles. The minimum Gasteiger partial charge on any atom is -0.454 e. The second-order valence-electron chi connectivity index (χ2n) is 6.62.